The average molecular weight is 344 g/mol. The third kappa shape index (κ3) is 2.56. The molecule has 0 unspecified atom stereocenters. The first-order chi connectivity index (χ1) is 10.7. The Hall–Kier alpha value is -1.69. The fraction of sp³-hybridized carbons (Fsp3) is 0.0588. The van der Waals surface area contributed by atoms with Gasteiger partial charge in [0.2, 0.25) is 0 Å². The maximum absolute atomic E-state index is 5.93. The van der Waals surface area contributed by atoms with Crippen molar-refractivity contribution in [3.05, 3.63) is 53.4 Å². The summed E-state index contributed by atoms with van der Waals surface area (Å²) < 4.78 is 12.8. The quantitative estimate of drug-likeness (QED) is 0.424. The Morgan fingerprint density at radius 2 is 1.23 bits per heavy atom. The maximum atomic E-state index is 5.93. The predicted octanol–water partition coefficient (Wildman–Crippen LogP) is 6.59. The van der Waals surface area contributed by atoms with Crippen molar-refractivity contribution in [3.63, 3.8) is 0 Å². The first kappa shape index (κ1) is 13.9. The Labute approximate surface area is 141 Å². The van der Waals surface area contributed by atoms with Crippen molar-refractivity contribution < 1.29 is 8.83 Å². The van der Waals surface area contributed by atoms with Crippen LogP contribution in [0.4, 0.5) is 0 Å². The molecule has 0 aliphatic rings. The highest BCUT2D eigenvalue weighted by Gasteiger charge is 2.13. The Bertz CT molecular complexity index is 847. The van der Waals surface area contributed by atoms with Crippen LogP contribution in [0.5, 0.6) is 0 Å². The van der Waals surface area contributed by atoms with Crippen LogP contribution >= 0.6 is 35.3 Å². The van der Waals surface area contributed by atoms with Crippen molar-refractivity contribution in [2.45, 2.75) is 11.1 Å². The molecule has 0 spiro atoms. The fourth-order valence-electron chi connectivity index (χ4n) is 2.23. The summed E-state index contributed by atoms with van der Waals surface area (Å²) in [5.74, 6) is 3.20. The van der Waals surface area contributed by atoms with Gasteiger partial charge < -0.3 is 8.83 Å². The molecule has 0 saturated heterocycles. The number of rotatable bonds is 3. The molecule has 0 saturated carbocycles. The van der Waals surface area contributed by atoms with E-state index in [1.54, 1.807) is 22.7 Å². The number of furan rings is 2. The molecule has 4 aromatic heterocycles. The van der Waals surface area contributed by atoms with Crippen molar-refractivity contribution in [2.24, 2.45) is 0 Å². The number of thiophene rings is 2. The van der Waals surface area contributed by atoms with E-state index in [1.807, 2.05) is 36.4 Å². The Morgan fingerprint density at radius 3 is 1.73 bits per heavy atom. The number of hydrogen-bond donors (Lipinski definition) is 1. The van der Waals surface area contributed by atoms with E-state index < -0.39 is 0 Å². The molecular formula is C17H12O2S3. The third-order valence-corrected chi connectivity index (χ3v) is 5.61. The van der Waals surface area contributed by atoms with Crippen LogP contribution in [0.2, 0.25) is 0 Å². The Kier molecular flexibility index (Phi) is 3.48. The van der Waals surface area contributed by atoms with Gasteiger partial charge in [-0.2, -0.15) is 0 Å². The second-order valence-electron chi connectivity index (χ2n) is 4.88. The van der Waals surface area contributed by atoms with Gasteiger partial charge in [-0.25, -0.2) is 0 Å². The van der Waals surface area contributed by atoms with Gasteiger partial charge in [0.15, 0.2) is 11.5 Å². The number of aryl methyl sites for hydroxylation is 1. The molecule has 0 amide bonds. The molecule has 0 N–H and O–H groups in total. The van der Waals surface area contributed by atoms with Gasteiger partial charge in [-0.1, -0.05) is 0 Å². The zero-order chi connectivity index (χ0) is 15.1. The summed E-state index contributed by atoms with van der Waals surface area (Å²) >= 11 is 7.66. The topological polar surface area (TPSA) is 26.3 Å². The first-order valence-electron chi connectivity index (χ1n) is 6.75. The van der Waals surface area contributed by atoms with E-state index in [2.05, 4.69) is 31.7 Å². The second-order valence-corrected chi connectivity index (χ2v) is 8.03. The van der Waals surface area contributed by atoms with Crippen LogP contribution in [-0.2, 0) is 0 Å². The lowest BCUT2D eigenvalue weighted by Crippen LogP contribution is -1.66. The summed E-state index contributed by atoms with van der Waals surface area (Å²) in [6, 6.07) is 16.0. The predicted molar refractivity (Wildman–Crippen MR) is 95.0 cm³/mol. The van der Waals surface area contributed by atoms with Gasteiger partial charge in [0.25, 0.3) is 0 Å². The molecule has 0 aliphatic carbocycles. The van der Waals surface area contributed by atoms with Gasteiger partial charge in [-0.05, 0) is 55.5 Å². The van der Waals surface area contributed by atoms with E-state index in [9.17, 15) is 0 Å². The second kappa shape index (κ2) is 5.50. The minimum absolute atomic E-state index is 0.739. The van der Waals surface area contributed by atoms with E-state index in [-0.39, 0.29) is 0 Å². The minimum atomic E-state index is 0.739. The van der Waals surface area contributed by atoms with Crippen molar-refractivity contribution in [2.75, 3.05) is 0 Å². The molecule has 0 bridgehead atoms. The van der Waals surface area contributed by atoms with Crippen LogP contribution in [-0.4, -0.2) is 0 Å². The number of thiol groups is 1. The van der Waals surface area contributed by atoms with Gasteiger partial charge in [0.1, 0.15) is 11.5 Å². The van der Waals surface area contributed by atoms with Crippen LogP contribution in [0.15, 0.2) is 61.6 Å². The lowest BCUT2D eigenvalue weighted by atomic mass is 10.3. The average Bonchev–Trinajstić information content (AvgIpc) is 3.24. The Morgan fingerprint density at radius 1 is 0.682 bits per heavy atom. The standard InChI is InChI=1S/C17H12O2S3/c1-10-2-7-15(21-10)13-5-3-11(18-13)12-4-6-14(19-12)16-8-9-17(20)22-16/h2-9,20H,1H3. The summed E-state index contributed by atoms with van der Waals surface area (Å²) in [5, 5.41) is 0. The molecule has 110 valence electrons. The van der Waals surface area contributed by atoms with E-state index in [1.165, 1.54) is 4.88 Å². The van der Waals surface area contributed by atoms with Gasteiger partial charge in [-0.3, -0.25) is 0 Å². The van der Waals surface area contributed by atoms with Crippen molar-refractivity contribution in [1.82, 2.24) is 0 Å². The maximum Gasteiger partial charge on any atom is 0.170 e. The van der Waals surface area contributed by atoms with Gasteiger partial charge in [0.05, 0.1) is 14.0 Å². The molecule has 0 aromatic carbocycles. The molecule has 22 heavy (non-hydrogen) atoms. The lowest BCUT2D eigenvalue weighted by Gasteiger charge is -1.93. The zero-order valence-corrected chi connectivity index (χ0v) is 14.2. The van der Waals surface area contributed by atoms with E-state index in [0.717, 1.165) is 37.0 Å². The van der Waals surface area contributed by atoms with Crippen LogP contribution in [0.1, 0.15) is 4.88 Å². The van der Waals surface area contributed by atoms with Gasteiger partial charge in [0, 0.05) is 4.88 Å². The lowest BCUT2D eigenvalue weighted by molar-refractivity contribution is 0.540. The zero-order valence-electron chi connectivity index (χ0n) is 11.7. The largest absolute Gasteiger partial charge is 0.452 e. The molecule has 0 aliphatic heterocycles. The SMILES string of the molecule is Cc1ccc(-c2ccc(-c3ccc(-c4ccc(S)s4)o3)o2)s1. The van der Waals surface area contributed by atoms with Crippen molar-refractivity contribution >= 4 is 35.3 Å². The van der Waals surface area contributed by atoms with Crippen LogP contribution in [0.3, 0.4) is 0 Å². The summed E-state index contributed by atoms with van der Waals surface area (Å²) in [7, 11) is 0. The van der Waals surface area contributed by atoms with Crippen molar-refractivity contribution in [3.8, 4) is 32.8 Å². The van der Waals surface area contributed by atoms with E-state index >= 15 is 0 Å². The molecule has 0 fully saturated rings. The smallest absolute Gasteiger partial charge is 0.170 e. The summed E-state index contributed by atoms with van der Waals surface area (Å²) in [6.45, 7) is 2.09. The molecule has 4 aromatic rings. The molecule has 2 nitrogen and oxygen atoms in total. The fourth-order valence-corrected chi connectivity index (χ4v) is 4.14. The van der Waals surface area contributed by atoms with Crippen LogP contribution in [0, 0.1) is 6.92 Å². The van der Waals surface area contributed by atoms with E-state index in [4.69, 9.17) is 8.83 Å². The summed E-state index contributed by atoms with van der Waals surface area (Å²) in [5.41, 5.74) is 0. The molecule has 0 atom stereocenters. The van der Waals surface area contributed by atoms with Crippen molar-refractivity contribution in [1.29, 1.82) is 0 Å². The Balaban J connectivity index is 1.65. The monoisotopic (exact) mass is 344 g/mol. The van der Waals surface area contributed by atoms with Gasteiger partial charge in [-0.15, -0.1) is 35.3 Å². The minimum Gasteiger partial charge on any atom is -0.452 e. The molecule has 4 rings (SSSR count). The molecular weight excluding hydrogens is 332 g/mol. The van der Waals surface area contributed by atoms with Crippen LogP contribution in [0.25, 0.3) is 32.8 Å². The van der Waals surface area contributed by atoms with Gasteiger partial charge >= 0.3 is 0 Å². The highest BCUT2D eigenvalue weighted by atomic mass is 32.2. The summed E-state index contributed by atoms with van der Waals surface area (Å²) in [4.78, 5) is 3.47. The number of hydrogen-bond acceptors (Lipinski definition) is 5. The first-order valence-corrected chi connectivity index (χ1v) is 8.83. The highest BCUT2D eigenvalue weighted by molar-refractivity contribution is 7.83. The molecule has 4 heterocycles. The van der Waals surface area contributed by atoms with Crippen LogP contribution < -0.4 is 0 Å². The molecule has 0 radical (unpaired) electrons. The highest BCUT2D eigenvalue weighted by Crippen LogP contribution is 2.36. The summed E-state index contributed by atoms with van der Waals surface area (Å²) in [6.07, 6.45) is 0. The molecule has 5 heteroatoms. The van der Waals surface area contributed by atoms with E-state index in [0.29, 0.717) is 0 Å². The third-order valence-electron chi connectivity index (χ3n) is 3.27. The normalized spacial score (nSPS) is 11.2.